The predicted molar refractivity (Wildman–Crippen MR) is 124 cm³/mol. The number of halogens is 2. The Morgan fingerprint density at radius 3 is 2.47 bits per heavy atom. The van der Waals surface area contributed by atoms with Gasteiger partial charge in [-0.3, -0.25) is 5.32 Å². The summed E-state index contributed by atoms with van der Waals surface area (Å²) in [5, 5.41) is 3.33. The fraction of sp³-hybridized carbons (Fsp3) is 0.391. The Morgan fingerprint density at radius 1 is 1.09 bits per heavy atom. The van der Waals surface area contributed by atoms with E-state index in [4.69, 9.17) is 42.1 Å². The number of esters is 1. The number of hydrogen-bond donors (Lipinski definition) is 1. The molecular weight excluding hydrogens is 457 g/mol. The molecule has 2 aromatic rings. The molecule has 2 rings (SSSR count). The molecule has 1 amide bonds. The SMILES string of the molecule is CCOc1ccc(C[C@H](OC(C)C)C(=O)OC)cc1COC(=O)Nc1ccc(Cl)cc1Cl. The van der Waals surface area contributed by atoms with Crippen LogP contribution in [0.1, 0.15) is 31.9 Å². The van der Waals surface area contributed by atoms with E-state index in [0.29, 0.717) is 40.1 Å². The first kappa shape index (κ1) is 25.8. The van der Waals surface area contributed by atoms with Gasteiger partial charge in [0, 0.05) is 17.0 Å². The van der Waals surface area contributed by atoms with Gasteiger partial charge in [0.15, 0.2) is 6.10 Å². The van der Waals surface area contributed by atoms with Gasteiger partial charge in [-0.05, 0) is 56.7 Å². The van der Waals surface area contributed by atoms with E-state index in [-0.39, 0.29) is 12.7 Å². The monoisotopic (exact) mass is 483 g/mol. The molecule has 2 aromatic carbocycles. The lowest BCUT2D eigenvalue weighted by molar-refractivity contribution is -0.156. The third-order valence-corrected chi connectivity index (χ3v) is 4.82. The first-order chi connectivity index (χ1) is 15.2. The lowest BCUT2D eigenvalue weighted by atomic mass is 10.0. The largest absolute Gasteiger partial charge is 0.493 e. The van der Waals surface area contributed by atoms with Crippen molar-refractivity contribution in [1.82, 2.24) is 0 Å². The minimum atomic E-state index is -0.748. The number of rotatable bonds is 10. The number of nitrogens with one attached hydrogen (secondary N) is 1. The van der Waals surface area contributed by atoms with Crippen LogP contribution in [0.5, 0.6) is 5.75 Å². The van der Waals surface area contributed by atoms with E-state index in [1.807, 2.05) is 32.9 Å². The van der Waals surface area contributed by atoms with Crippen molar-refractivity contribution in [2.75, 3.05) is 19.0 Å². The smallest absolute Gasteiger partial charge is 0.412 e. The summed E-state index contributed by atoms with van der Waals surface area (Å²) < 4.78 is 21.5. The number of hydrogen-bond acceptors (Lipinski definition) is 6. The highest BCUT2D eigenvalue weighted by Crippen LogP contribution is 2.26. The van der Waals surface area contributed by atoms with Gasteiger partial charge in [-0.15, -0.1) is 0 Å². The maximum Gasteiger partial charge on any atom is 0.412 e. The second-order valence-corrected chi connectivity index (χ2v) is 7.94. The number of ether oxygens (including phenoxy) is 4. The predicted octanol–water partition coefficient (Wildman–Crippen LogP) is 5.65. The number of carbonyl (C=O) groups excluding carboxylic acids is 2. The average molecular weight is 484 g/mol. The fourth-order valence-corrected chi connectivity index (χ4v) is 3.37. The van der Waals surface area contributed by atoms with Crippen LogP contribution in [0.25, 0.3) is 0 Å². The minimum Gasteiger partial charge on any atom is -0.493 e. The summed E-state index contributed by atoms with van der Waals surface area (Å²) in [6.45, 7) is 5.95. The minimum absolute atomic E-state index is 0.0475. The van der Waals surface area contributed by atoms with Gasteiger partial charge in [0.2, 0.25) is 0 Å². The molecule has 174 valence electrons. The van der Waals surface area contributed by atoms with Gasteiger partial charge in [-0.2, -0.15) is 0 Å². The Labute approximate surface area is 197 Å². The van der Waals surface area contributed by atoms with E-state index in [9.17, 15) is 9.59 Å². The van der Waals surface area contributed by atoms with Crippen molar-refractivity contribution < 1.29 is 28.5 Å². The van der Waals surface area contributed by atoms with E-state index >= 15 is 0 Å². The van der Waals surface area contributed by atoms with Crippen molar-refractivity contribution in [2.45, 2.75) is 46.0 Å². The van der Waals surface area contributed by atoms with Gasteiger partial charge in [-0.25, -0.2) is 9.59 Å². The first-order valence-corrected chi connectivity index (χ1v) is 10.9. The average Bonchev–Trinajstić information content (AvgIpc) is 2.74. The van der Waals surface area contributed by atoms with Crippen molar-refractivity contribution in [2.24, 2.45) is 0 Å². The summed E-state index contributed by atoms with van der Waals surface area (Å²) in [6.07, 6.45) is -1.27. The standard InChI is InChI=1S/C23H27Cl2NO6/c1-5-30-20-9-6-15(11-21(22(27)29-4)32-14(2)3)10-16(20)13-31-23(28)26-19-8-7-17(24)12-18(19)25/h6-10,12,14,21H,5,11,13H2,1-4H3,(H,26,28)/t21-/m0/s1. The zero-order valence-corrected chi connectivity index (χ0v) is 20.0. The van der Waals surface area contributed by atoms with E-state index in [1.165, 1.54) is 13.2 Å². The van der Waals surface area contributed by atoms with Crippen LogP contribution < -0.4 is 10.1 Å². The van der Waals surface area contributed by atoms with Crippen LogP contribution in [-0.4, -0.2) is 38.0 Å². The molecule has 0 bridgehead atoms. The normalized spacial score (nSPS) is 11.7. The summed E-state index contributed by atoms with van der Waals surface area (Å²) in [6, 6.07) is 10.1. The molecule has 0 unspecified atom stereocenters. The van der Waals surface area contributed by atoms with Crippen molar-refractivity contribution in [3.8, 4) is 5.75 Å². The van der Waals surface area contributed by atoms with Gasteiger partial charge < -0.3 is 18.9 Å². The van der Waals surface area contributed by atoms with Crippen LogP contribution in [-0.2, 0) is 32.0 Å². The van der Waals surface area contributed by atoms with Crippen LogP contribution in [0, 0.1) is 0 Å². The fourth-order valence-electron chi connectivity index (χ4n) is 2.91. The van der Waals surface area contributed by atoms with Crippen molar-refractivity contribution in [3.05, 3.63) is 57.6 Å². The van der Waals surface area contributed by atoms with E-state index in [0.717, 1.165) is 5.56 Å². The van der Waals surface area contributed by atoms with Crippen LogP contribution >= 0.6 is 23.2 Å². The molecule has 0 aliphatic carbocycles. The molecule has 32 heavy (non-hydrogen) atoms. The molecule has 0 aliphatic heterocycles. The number of anilines is 1. The van der Waals surface area contributed by atoms with Gasteiger partial charge in [-0.1, -0.05) is 29.3 Å². The lowest BCUT2D eigenvalue weighted by Gasteiger charge is -2.19. The molecule has 0 saturated carbocycles. The van der Waals surface area contributed by atoms with Crippen molar-refractivity contribution in [1.29, 1.82) is 0 Å². The number of carbonyl (C=O) groups is 2. The Morgan fingerprint density at radius 2 is 1.84 bits per heavy atom. The summed E-state index contributed by atoms with van der Waals surface area (Å²) in [5.74, 6) is 0.123. The lowest BCUT2D eigenvalue weighted by Crippen LogP contribution is -2.30. The summed E-state index contributed by atoms with van der Waals surface area (Å²) in [4.78, 5) is 24.3. The van der Waals surface area contributed by atoms with Gasteiger partial charge in [0.05, 0.1) is 30.5 Å². The van der Waals surface area contributed by atoms with Gasteiger partial charge in [0.1, 0.15) is 12.4 Å². The van der Waals surface area contributed by atoms with Crippen LogP contribution in [0.15, 0.2) is 36.4 Å². The molecule has 7 nitrogen and oxygen atoms in total. The molecule has 0 saturated heterocycles. The van der Waals surface area contributed by atoms with Gasteiger partial charge >= 0.3 is 12.1 Å². The highest BCUT2D eigenvalue weighted by molar-refractivity contribution is 6.36. The zero-order valence-electron chi connectivity index (χ0n) is 18.4. The number of amides is 1. The molecule has 0 radical (unpaired) electrons. The van der Waals surface area contributed by atoms with E-state index in [1.54, 1.807) is 18.2 Å². The Hall–Kier alpha value is -2.48. The molecule has 0 aromatic heterocycles. The summed E-state index contributed by atoms with van der Waals surface area (Å²) in [7, 11) is 1.32. The molecule has 1 atom stereocenters. The molecule has 9 heteroatoms. The van der Waals surface area contributed by atoms with E-state index in [2.05, 4.69) is 5.32 Å². The third-order valence-electron chi connectivity index (χ3n) is 4.27. The van der Waals surface area contributed by atoms with Crippen LogP contribution in [0.2, 0.25) is 10.0 Å². The maximum absolute atomic E-state index is 12.3. The highest BCUT2D eigenvalue weighted by Gasteiger charge is 2.22. The molecule has 0 heterocycles. The summed E-state index contributed by atoms with van der Waals surface area (Å²) in [5.41, 5.74) is 1.84. The second-order valence-electron chi connectivity index (χ2n) is 7.10. The molecule has 1 N–H and O–H groups in total. The Kier molecular flexibility index (Phi) is 10.1. The number of methoxy groups -OCH3 is 1. The molecular formula is C23H27Cl2NO6. The van der Waals surface area contributed by atoms with Crippen molar-refractivity contribution >= 4 is 41.0 Å². The zero-order chi connectivity index (χ0) is 23.7. The van der Waals surface area contributed by atoms with Crippen LogP contribution in [0.3, 0.4) is 0 Å². The molecule has 0 aliphatic rings. The topological polar surface area (TPSA) is 83.1 Å². The second kappa shape index (κ2) is 12.5. The van der Waals surface area contributed by atoms with Crippen molar-refractivity contribution in [3.63, 3.8) is 0 Å². The summed E-state index contributed by atoms with van der Waals surface area (Å²) >= 11 is 11.9. The maximum atomic E-state index is 12.3. The molecule has 0 spiro atoms. The quantitative estimate of drug-likeness (QED) is 0.439. The van der Waals surface area contributed by atoms with E-state index < -0.39 is 18.2 Å². The first-order valence-electron chi connectivity index (χ1n) is 10.1. The Balaban J connectivity index is 2.12. The highest BCUT2D eigenvalue weighted by atomic mass is 35.5. The number of benzene rings is 2. The molecule has 0 fully saturated rings. The third kappa shape index (κ3) is 7.89. The van der Waals surface area contributed by atoms with Crippen LogP contribution in [0.4, 0.5) is 10.5 Å². The Bertz CT molecular complexity index is 935. The van der Waals surface area contributed by atoms with Gasteiger partial charge in [0.25, 0.3) is 0 Å².